The summed E-state index contributed by atoms with van der Waals surface area (Å²) < 4.78 is 24.3. The average Bonchev–Trinajstić information content (AvgIpc) is 1.95. The molecule has 0 saturated carbocycles. The van der Waals surface area contributed by atoms with E-state index in [4.69, 9.17) is 6.42 Å². The first-order chi connectivity index (χ1) is 4.74. The first-order valence-electron chi connectivity index (χ1n) is 2.52. The lowest BCUT2D eigenvalue weighted by Crippen LogP contribution is -1.91. The van der Waals surface area contributed by atoms with Gasteiger partial charge in [-0.25, -0.2) is 9.37 Å². The third kappa shape index (κ3) is 1.11. The number of terminal acetylenes is 1. The second kappa shape index (κ2) is 2.44. The zero-order valence-electron chi connectivity index (χ0n) is 4.94. The molecule has 0 bridgehead atoms. The number of pyridine rings is 1. The molecule has 0 atom stereocenters. The lowest BCUT2D eigenvalue weighted by molar-refractivity contribution is 0.478. The van der Waals surface area contributed by atoms with E-state index in [-0.39, 0.29) is 5.69 Å². The van der Waals surface area contributed by atoms with Crippen molar-refractivity contribution in [2.75, 3.05) is 0 Å². The maximum absolute atomic E-state index is 12.2. The highest BCUT2D eigenvalue weighted by atomic mass is 19.2. The number of hydrogen-bond acceptors (Lipinski definition) is 1. The molecule has 0 unspecified atom stereocenters. The molecule has 0 spiro atoms. The van der Waals surface area contributed by atoms with Crippen LogP contribution >= 0.6 is 0 Å². The Kier molecular flexibility index (Phi) is 1.63. The standard InChI is InChI=1S/C7H3F2N/c1-2-5-3-4-6(8)7(9)10-5/h1,3-4H. The molecular formula is C7H3F2N. The third-order valence-electron chi connectivity index (χ3n) is 0.951. The summed E-state index contributed by atoms with van der Waals surface area (Å²) >= 11 is 0. The highest BCUT2D eigenvalue weighted by Crippen LogP contribution is 2.01. The van der Waals surface area contributed by atoms with Crippen LogP contribution in [0.5, 0.6) is 0 Å². The lowest BCUT2D eigenvalue weighted by Gasteiger charge is -1.90. The molecule has 0 N–H and O–H groups in total. The van der Waals surface area contributed by atoms with Gasteiger partial charge in [-0.1, -0.05) is 5.92 Å². The van der Waals surface area contributed by atoms with Crippen LogP contribution in [0.4, 0.5) is 8.78 Å². The summed E-state index contributed by atoms with van der Waals surface area (Å²) in [7, 11) is 0. The van der Waals surface area contributed by atoms with Crippen molar-refractivity contribution in [1.82, 2.24) is 4.98 Å². The zero-order valence-corrected chi connectivity index (χ0v) is 4.94. The molecule has 0 aliphatic carbocycles. The molecule has 0 aromatic carbocycles. The van der Waals surface area contributed by atoms with E-state index in [0.717, 1.165) is 6.07 Å². The molecule has 1 nitrogen and oxygen atoms in total. The van der Waals surface area contributed by atoms with Gasteiger partial charge in [-0.15, -0.1) is 6.42 Å². The Morgan fingerprint density at radius 3 is 2.60 bits per heavy atom. The fourth-order valence-electron chi connectivity index (χ4n) is 0.498. The molecule has 0 amide bonds. The molecule has 3 heteroatoms. The quantitative estimate of drug-likeness (QED) is 0.390. The molecular weight excluding hydrogens is 136 g/mol. The van der Waals surface area contributed by atoms with Crippen molar-refractivity contribution < 1.29 is 8.78 Å². The summed E-state index contributed by atoms with van der Waals surface area (Å²) in [6.07, 6.45) is 4.87. The number of halogens is 2. The second-order valence-electron chi connectivity index (χ2n) is 1.61. The van der Waals surface area contributed by atoms with Crippen molar-refractivity contribution in [3.63, 3.8) is 0 Å². The van der Waals surface area contributed by atoms with E-state index in [1.54, 1.807) is 0 Å². The van der Waals surface area contributed by atoms with E-state index in [0.29, 0.717) is 0 Å². The van der Waals surface area contributed by atoms with Gasteiger partial charge < -0.3 is 0 Å². The number of rotatable bonds is 0. The molecule has 0 saturated heterocycles. The van der Waals surface area contributed by atoms with Gasteiger partial charge in [0.05, 0.1) is 0 Å². The summed E-state index contributed by atoms with van der Waals surface area (Å²) in [4.78, 5) is 3.11. The number of nitrogens with zero attached hydrogens (tertiary/aromatic N) is 1. The maximum atomic E-state index is 12.2. The molecule has 0 aliphatic rings. The van der Waals surface area contributed by atoms with Crippen molar-refractivity contribution in [3.8, 4) is 12.3 Å². The average molecular weight is 139 g/mol. The van der Waals surface area contributed by atoms with Gasteiger partial charge >= 0.3 is 0 Å². The van der Waals surface area contributed by atoms with Gasteiger partial charge in [0.2, 0.25) is 5.95 Å². The summed E-state index contributed by atoms with van der Waals surface area (Å²) in [5.41, 5.74) is 0.0962. The van der Waals surface area contributed by atoms with Gasteiger partial charge in [-0.3, -0.25) is 0 Å². The monoisotopic (exact) mass is 139 g/mol. The minimum Gasteiger partial charge on any atom is -0.209 e. The zero-order chi connectivity index (χ0) is 7.56. The molecule has 1 aromatic rings. The van der Waals surface area contributed by atoms with Crippen LogP contribution in [0.1, 0.15) is 5.69 Å². The number of aromatic nitrogens is 1. The van der Waals surface area contributed by atoms with Gasteiger partial charge in [0.15, 0.2) is 5.82 Å². The first kappa shape index (κ1) is 6.69. The molecule has 50 valence electrons. The Bertz CT molecular complexity index is 288. The summed E-state index contributed by atoms with van der Waals surface area (Å²) in [5.74, 6) is -0.0668. The fourth-order valence-corrected chi connectivity index (χ4v) is 0.498. The molecule has 0 aliphatic heterocycles. The second-order valence-corrected chi connectivity index (χ2v) is 1.61. The van der Waals surface area contributed by atoms with Crippen molar-refractivity contribution in [2.24, 2.45) is 0 Å². The Morgan fingerprint density at radius 2 is 2.10 bits per heavy atom. The first-order valence-corrected chi connectivity index (χ1v) is 2.52. The van der Waals surface area contributed by atoms with E-state index in [9.17, 15) is 8.78 Å². The highest BCUT2D eigenvalue weighted by molar-refractivity contribution is 5.23. The van der Waals surface area contributed by atoms with Crippen molar-refractivity contribution in [2.45, 2.75) is 0 Å². The summed E-state index contributed by atoms with van der Waals surface area (Å²) in [5, 5.41) is 0. The summed E-state index contributed by atoms with van der Waals surface area (Å²) in [6, 6.07) is 2.18. The minimum atomic E-state index is -1.16. The Labute approximate surface area is 56.7 Å². The molecule has 0 radical (unpaired) electrons. The van der Waals surface area contributed by atoms with Gasteiger partial charge in [0, 0.05) is 0 Å². The van der Waals surface area contributed by atoms with Crippen LogP contribution in [0, 0.1) is 24.1 Å². The van der Waals surface area contributed by atoms with E-state index < -0.39 is 11.8 Å². The van der Waals surface area contributed by atoms with Crippen LogP contribution in [0.25, 0.3) is 0 Å². The smallest absolute Gasteiger partial charge is 0.209 e. The van der Waals surface area contributed by atoms with Crippen molar-refractivity contribution in [3.05, 3.63) is 29.6 Å². The SMILES string of the molecule is C#Cc1ccc(F)c(F)n1. The minimum absolute atomic E-state index is 0.0962. The van der Waals surface area contributed by atoms with E-state index in [2.05, 4.69) is 10.9 Å². The fraction of sp³-hybridized carbons (Fsp3) is 0. The van der Waals surface area contributed by atoms with Gasteiger partial charge in [0.25, 0.3) is 0 Å². The van der Waals surface area contributed by atoms with Crippen LogP contribution in [-0.4, -0.2) is 4.98 Å². The topological polar surface area (TPSA) is 12.9 Å². The van der Waals surface area contributed by atoms with Crippen LogP contribution in [0.2, 0.25) is 0 Å². The van der Waals surface area contributed by atoms with Crippen LogP contribution < -0.4 is 0 Å². The van der Waals surface area contributed by atoms with E-state index >= 15 is 0 Å². The van der Waals surface area contributed by atoms with Gasteiger partial charge in [-0.05, 0) is 12.1 Å². The molecule has 1 heterocycles. The van der Waals surface area contributed by atoms with Crippen LogP contribution in [0.3, 0.4) is 0 Å². The Hall–Kier alpha value is -1.43. The van der Waals surface area contributed by atoms with Gasteiger partial charge in [0.1, 0.15) is 5.69 Å². The largest absolute Gasteiger partial charge is 0.250 e. The highest BCUT2D eigenvalue weighted by Gasteiger charge is 2.00. The predicted molar refractivity (Wildman–Crippen MR) is 32.1 cm³/mol. The molecule has 1 aromatic heterocycles. The lowest BCUT2D eigenvalue weighted by atomic mass is 10.3. The van der Waals surface area contributed by atoms with Crippen LogP contribution in [0.15, 0.2) is 12.1 Å². The molecule has 10 heavy (non-hydrogen) atoms. The maximum Gasteiger partial charge on any atom is 0.250 e. The normalized spacial score (nSPS) is 8.90. The number of hydrogen-bond donors (Lipinski definition) is 0. The van der Waals surface area contributed by atoms with E-state index in [1.807, 2.05) is 0 Å². The van der Waals surface area contributed by atoms with Crippen molar-refractivity contribution in [1.29, 1.82) is 0 Å². The summed E-state index contributed by atoms with van der Waals surface area (Å²) in [6.45, 7) is 0. The van der Waals surface area contributed by atoms with E-state index in [1.165, 1.54) is 6.07 Å². The Morgan fingerprint density at radius 1 is 1.40 bits per heavy atom. The molecule has 0 fully saturated rings. The Balaban J connectivity index is 3.20. The molecule has 1 rings (SSSR count). The third-order valence-corrected chi connectivity index (χ3v) is 0.951. The predicted octanol–water partition coefficient (Wildman–Crippen LogP) is 1.34. The van der Waals surface area contributed by atoms with Crippen LogP contribution in [-0.2, 0) is 0 Å². The van der Waals surface area contributed by atoms with Crippen molar-refractivity contribution >= 4 is 0 Å². The van der Waals surface area contributed by atoms with Gasteiger partial charge in [-0.2, -0.15) is 4.39 Å².